The van der Waals surface area contributed by atoms with Crippen LogP contribution in [0.5, 0.6) is 28.7 Å². The summed E-state index contributed by atoms with van der Waals surface area (Å²) in [6.45, 7) is 0. The van der Waals surface area contributed by atoms with Gasteiger partial charge in [0, 0.05) is 0 Å². The summed E-state index contributed by atoms with van der Waals surface area (Å²) in [6, 6.07) is 4.57. The van der Waals surface area contributed by atoms with Crippen molar-refractivity contribution in [2.45, 2.75) is 12.5 Å². The monoisotopic (exact) mass is 370 g/mol. The lowest BCUT2D eigenvalue weighted by atomic mass is 9.95. The lowest BCUT2D eigenvalue weighted by Gasteiger charge is -2.27. The number of hydrogen-bond donors (Lipinski definition) is 3. The van der Waals surface area contributed by atoms with Gasteiger partial charge in [-0.05, 0) is 17.7 Å². The number of phenolic OH excluding ortho intramolecular Hbond substituents is 3. The Kier molecular flexibility index (Phi) is 4.11. The van der Waals surface area contributed by atoms with Crippen molar-refractivity contribution in [1.82, 2.24) is 0 Å². The van der Waals surface area contributed by atoms with E-state index in [1.54, 1.807) is 6.07 Å². The minimum Gasteiger partial charge on any atom is -0.505 e. The predicted molar refractivity (Wildman–Crippen MR) is 86.8 cm³/mol. The van der Waals surface area contributed by atoms with Crippen molar-refractivity contribution in [3.63, 3.8) is 0 Å². The van der Waals surface area contributed by atoms with Gasteiger partial charge in [0.2, 0.25) is 0 Å². The van der Waals surface area contributed by atoms with Crippen molar-refractivity contribution in [2.24, 2.45) is 0 Å². The quantitative estimate of drug-likeness (QED) is 0.743. The predicted octanol–water partition coefficient (Wildman–Crippen LogP) is 3.83. The summed E-state index contributed by atoms with van der Waals surface area (Å²) >= 11 is 11.7. The number of aromatic hydroxyl groups is 3. The van der Waals surface area contributed by atoms with Gasteiger partial charge in [-0.3, -0.25) is 4.79 Å². The lowest BCUT2D eigenvalue weighted by molar-refractivity contribution is 0.0844. The van der Waals surface area contributed by atoms with Gasteiger partial charge in [0.05, 0.1) is 13.5 Å². The van der Waals surface area contributed by atoms with Gasteiger partial charge in [0.15, 0.2) is 34.5 Å². The fraction of sp³-hybridized carbons (Fsp3) is 0.188. The van der Waals surface area contributed by atoms with Crippen LogP contribution in [-0.2, 0) is 0 Å². The van der Waals surface area contributed by atoms with E-state index in [1.807, 2.05) is 0 Å². The molecule has 3 rings (SSSR count). The van der Waals surface area contributed by atoms with Crippen molar-refractivity contribution in [3.05, 3.63) is 39.4 Å². The molecule has 0 fully saturated rings. The first-order valence-electron chi connectivity index (χ1n) is 6.84. The van der Waals surface area contributed by atoms with E-state index in [9.17, 15) is 20.1 Å². The average molecular weight is 371 g/mol. The van der Waals surface area contributed by atoms with Gasteiger partial charge < -0.3 is 24.8 Å². The number of benzene rings is 2. The highest BCUT2D eigenvalue weighted by Crippen LogP contribution is 2.52. The fourth-order valence-electron chi connectivity index (χ4n) is 2.56. The van der Waals surface area contributed by atoms with Gasteiger partial charge >= 0.3 is 0 Å². The molecular weight excluding hydrogens is 359 g/mol. The molecule has 0 spiro atoms. The minimum atomic E-state index is -0.751. The van der Waals surface area contributed by atoms with Gasteiger partial charge in [-0.1, -0.05) is 29.3 Å². The molecule has 8 heteroatoms. The third kappa shape index (κ3) is 2.48. The third-order valence-electron chi connectivity index (χ3n) is 3.77. The highest BCUT2D eigenvalue weighted by molar-refractivity contribution is 6.40. The summed E-state index contributed by atoms with van der Waals surface area (Å²) < 4.78 is 10.6. The van der Waals surface area contributed by atoms with Crippen LogP contribution in [0, 0.1) is 0 Å². The molecule has 0 aromatic heterocycles. The number of Topliss-reactive ketones (excluding diaryl/α,β-unsaturated/α-hetero) is 1. The van der Waals surface area contributed by atoms with Crippen LogP contribution in [0.2, 0.25) is 10.0 Å². The molecule has 1 heterocycles. The Morgan fingerprint density at radius 2 is 1.88 bits per heavy atom. The topological polar surface area (TPSA) is 96.2 Å². The second-order valence-electron chi connectivity index (χ2n) is 5.19. The fourth-order valence-corrected chi connectivity index (χ4v) is 3.03. The standard InChI is InChI=1S/C16H12Cl2O6/c1-23-9-3-2-6(4-7(9)19)10-5-8(20)11-14(21)12(17)15(22)13(18)16(11)24-10/h2-4,10,19,21-22H,5H2,1H3/t10-/m0/s1. The van der Waals surface area contributed by atoms with Crippen molar-refractivity contribution in [1.29, 1.82) is 0 Å². The molecule has 2 aromatic rings. The summed E-state index contributed by atoms with van der Waals surface area (Å²) in [5.74, 6) is -1.56. The van der Waals surface area contributed by atoms with E-state index in [0.717, 1.165) is 0 Å². The molecule has 24 heavy (non-hydrogen) atoms. The molecule has 3 N–H and O–H groups in total. The molecule has 0 saturated carbocycles. The molecule has 0 aliphatic carbocycles. The molecule has 1 aliphatic rings. The van der Waals surface area contributed by atoms with Crippen LogP contribution in [0.3, 0.4) is 0 Å². The second kappa shape index (κ2) is 5.96. The normalized spacial score (nSPS) is 16.5. The number of ether oxygens (including phenoxy) is 2. The number of rotatable bonds is 2. The summed E-state index contributed by atoms with van der Waals surface area (Å²) in [6.07, 6.45) is -0.844. The lowest BCUT2D eigenvalue weighted by Crippen LogP contribution is -2.21. The van der Waals surface area contributed by atoms with E-state index in [0.29, 0.717) is 5.56 Å². The van der Waals surface area contributed by atoms with Crippen LogP contribution in [0.1, 0.15) is 28.4 Å². The second-order valence-corrected chi connectivity index (χ2v) is 5.95. The molecule has 0 saturated heterocycles. The molecule has 1 atom stereocenters. The van der Waals surface area contributed by atoms with Gasteiger partial charge in [-0.15, -0.1) is 0 Å². The van der Waals surface area contributed by atoms with Crippen molar-refractivity contribution < 1.29 is 29.6 Å². The molecule has 0 bridgehead atoms. The number of carbonyl (C=O) groups is 1. The van der Waals surface area contributed by atoms with Crippen LogP contribution in [0.15, 0.2) is 18.2 Å². The van der Waals surface area contributed by atoms with Gasteiger partial charge in [0.25, 0.3) is 0 Å². The first kappa shape index (κ1) is 16.5. The number of ketones is 1. The zero-order valence-electron chi connectivity index (χ0n) is 12.3. The zero-order valence-corrected chi connectivity index (χ0v) is 13.9. The van der Waals surface area contributed by atoms with Gasteiger partial charge in [0.1, 0.15) is 21.7 Å². The number of carbonyl (C=O) groups excluding carboxylic acids is 1. The van der Waals surface area contributed by atoms with E-state index in [4.69, 9.17) is 32.7 Å². The summed E-state index contributed by atoms with van der Waals surface area (Å²) in [5.41, 5.74) is 0.342. The number of hydrogen-bond acceptors (Lipinski definition) is 6. The van der Waals surface area contributed by atoms with Crippen LogP contribution >= 0.6 is 23.2 Å². The zero-order chi connectivity index (χ0) is 17.6. The summed E-state index contributed by atoms with van der Waals surface area (Å²) in [7, 11) is 1.42. The van der Waals surface area contributed by atoms with Gasteiger partial charge in [-0.2, -0.15) is 0 Å². The number of phenols is 3. The Morgan fingerprint density at radius 1 is 1.17 bits per heavy atom. The molecule has 0 amide bonds. The SMILES string of the molecule is COc1ccc([C@@H]2CC(=O)c3c(O)c(Cl)c(O)c(Cl)c3O2)cc1O. The molecular formula is C16H12Cl2O6. The molecule has 2 aromatic carbocycles. The number of fused-ring (bicyclic) bond motifs is 1. The van der Waals surface area contributed by atoms with Crippen molar-refractivity contribution in [3.8, 4) is 28.7 Å². The molecule has 126 valence electrons. The molecule has 0 unspecified atom stereocenters. The maximum absolute atomic E-state index is 12.4. The maximum atomic E-state index is 12.4. The van der Waals surface area contributed by atoms with Crippen molar-refractivity contribution in [2.75, 3.05) is 7.11 Å². The Labute approximate surface area is 146 Å². The first-order chi connectivity index (χ1) is 11.3. The van der Waals surface area contributed by atoms with Crippen LogP contribution in [0.25, 0.3) is 0 Å². The highest BCUT2D eigenvalue weighted by atomic mass is 35.5. The molecule has 6 nitrogen and oxygen atoms in total. The Bertz CT molecular complexity index is 849. The van der Waals surface area contributed by atoms with E-state index >= 15 is 0 Å². The van der Waals surface area contributed by atoms with E-state index in [1.165, 1.54) is 19.2 Å². The Balaban J connectivity index is 2.07. The number of halogens is 2. The highest BCUT2D eigenvalue weighted by Gasteiger charge is 2.35. The molecule has 0 radical (unpaired) electrons. The Hall–Kier alpha value is -2.31. The largest absolute Gasteiger partial charge is 0.505 e. The first-order valence-corrected chi connectivity index (χ1v) is 7.60. The molecule has 1 aliphatic heterocycles. The summed E-state index contributed by atoms with van der Waals surface area (Å²) in [4.78, 5) is 12.4. The maximum Gasteiger partial charge on any atom is 0.174 e. The van der Waals surface area contributed by atoms with Crippen LogP contribution in [-0.4, -0.2) is 28.2 Å². The third-order valence-corrected chi connectivity index (χ3v) is 4.48. The smallest absolute Gasteiger partial charge is 0.174 e. The van der Waals surface area contributed by atoms with E-state index in [-0.39, 0.29) is 34.3 Å². The number of methoxy groups -OCH3 is 1. The minimum absolute atomic E-state index is 0.0935. The van der Waals surface area contributed by atoms with Crippen LogP contribution in [0.4, 0.5) is 0 Å². The van der Waals surface area contributed by atoms with E-state index in [2.05, 4.69) is 0 Å². The average Bonchev–Trinajstić information content (AvgIpc) is 2.57. The Morgan fingerprint density at radius 3 is 2.50 bits per heavy atom. The summed E-state index contributed by atoms with van der Waals surface area (Å²) in [5, 5.41) is 29.0. The van der Waals surface area contributed by atoms with Gasteiger partial charge in [-0.25, -0.2) is 0 Å². The van der Waals surface area contributed by atoms with Crippen LogP contribution < -0.4 is 9.47 Å². The van der Waals surface area contributed by atoms with E-state index < -0.39 is 28.4 Å². The van der Waals surface area contributed by atoms with Crippen molar-refractivity contribution >= 4 is 29.0 Å².